The fourth-order valence-electron chi connectivity index (χ4n) is 4.39. The lowest BCUT2D eigenvalue weighted by atomic mass is 9.83. The van der Waals surface area contributed by atoms with Crippen molar-refractivity contribution in [2.45, 2.75) is 49.6 Å². The minimum absolute atomic E-state index is 0.177. The summed E-state index contributed by atoms with van der Waals surface area (Å²) in [6.07, 6.45) is 2.38. The summed E-state index contributed by atoms with van der Waals surface area (Å²) in [4.78, 5) is 13.2. The average Bonchev–Trinajstić information content (AvgIpc) is 2.84. The maximum absolute atomic E-state index is 13.0. The van der Waals surface area contributed by atoms with Crippen molar-refractivity contribution < 1.29 is 22.7 Å². The first-order chi connectivity index (χ1) is 15.4. The number of sulfonamides is 1. The number of morpholine rings is 1. The molecule has 1 saturated heterocycles. The van der Waals surface area contributed by atoms with E-state index in [9.17, 15) is 13.2 Å². The number of rotatable bonds is 6. The van der Waals surface area contributed by atoms with Crippen molar-refractivity contribution in [2.24, 2.45) is 0 Å². The summed E-state index contributed by atoms with van der Waals surface area (Å²) in [5.41, 5.74) is 1.07. The van der Waals surface area contributed by atoms with Crippen LogP contribution in [-0.2, 0) is 14.8 Å². The van der Waals surface area contributed by atoms with Crippen LogP contribution in [0.3, 0.4) is 0 Å². The molecule has 2 aromatic rings. The predicted molar refractivity (Wildman–Crippen MR) is 121 cm³/mol. The lowest BCUT2D eigenvalue weighted by molar-refractivity contribution is 0.0227. The molecule has 0 aromatic heterocycles. The third-order valence-electron chi connectivity index (χ3n) is 6.52. The van der Waals surface area contributed by atoms with Crippen molar-refractivity contribution >= 4 is 15.9 Å². The minimum Gasteiger partial charge on any atom is -0.487 e. The Hall–Kier alpha value is -2.42. The SMILES string of the molecule is CCC1(CC)C[C@@H](NC(=O)c2ccc(S(=O)(=O)N3CCOCC3)cc2)c2ccccc2O1. The van der Waals surface area contributed by atoms with Gasteiger partial charge in [0, 0.05) is 30.6 Å². The number of carbonyl (C=O) groups excluding carboxylic acids is 1. The zero-order valence-corrected chi connectivity index (χ0v) is 19.4. The highest BCUT2D eigenvalue weighted by Gasteiger charge is 2.39. The van der Waals surface area contributed by atoms with E-state index in [4.69, 9.17) is 9.47 Å². The summed E-state index contributed by atoms with van der Waals surface area (Å²) in [6, 6.07) is 13.8. The van der Waals surface area contributed by atoms with Crippen LogP contribution in [0.1, 0.15) is 55.1 Å². The quantitative estimate of drug-likeness (QED) is 0.716. The number of fused-ring (bicyclic) bond motifs is 1. The molecule has 0 bridgehead atoms. The Balaban J connectivity index is 1.52. The molecule has 0 unspecified atom stereocenters. The van der Waals surface area contributed by atoms with Gasteiger partial charge in [-0.25, -0.2) is 8.42 Å². The molecule has 2 heterocycles. The van der Waals surface area contributed by atoms with Crippen LogP contribution >= 0.6 is 0 Å². The Morgan fingerprint density at radius 1 is 1.06 bits per heavy atom. The molecule has 0 radical (unpaired) electrons. The average molecular weight is 459 g/mol. The predicted octanol–water partition coefficient (Wildman–Crippen LogP) is 3.52. The van der Waals surface area contributed by atoms with Gasteiger partial charge in [-0.2, -0.15) is 4.31 Å². The van der Waals surface area contributed by atoms with E-state index < -0.39 is 10.0 Å². The summed E-state index contributed by atoms with van der Waals surface area (Å²) in [7, 11) is -3.59. The van der Waals surface area contributed by atoms with Crippen molar-refractivity contribution in [3.05, 3.63) is 59.7 Å². The first-order valence-corrected chi connectivity index (χ1v) is 12.6. The first kappa shape index (κ1) is 22.8. The second-order valence-electron chi connectivity index (χ2n) is 8.30. The molecule has 8 heteroatoms. The number of nitrogens with one attached hydrogen (secondary N) is 1. The molecular weight excluding hydrogens is 428 g/mol. The first-order valence-electron chi connectivity index (χ1n) is 11.2. The van der Waals surface area contributed by atoms with Gasteiger partial charge in [0.15, 0.2) is 0 Å². The molecule has 0 spiro atoms. The van der Waals surface area contributed by atoms with Crippen LogP contribution in [0.25, 0.3) is 0 Å². The van der Waals surface area contributed by atoms with Gasteiger partial charge < -0.3 is 14.8 Å². The van der Waals surface area contributed by atoms with Gasteiger partial charge in [0.2, 0.25) is 10.0 Å². The Morgan fingerprint density at radius 2 is 1.72 bits per heavy atom. The Bertz CT molecular complexity index is 1060. The lowest BCUT2D eigenvalue weighted by Crippen LogP contribution is -2.44. The van der Waals surface area contributed by atoms with Crippen molar-refractivity contribution in [1.29, 1.82) is 0 Å². The second-order valence-corrected chi connectivity index (χ2v) is 10.2. The Morgan fingerprint density at radius 3 is 2.38 bits per heavy atom. The summed E-state index contributed by atoms with van der Waals surface area (Å²) in [6.45, 7) is 5.66. The lowest BCUT2D eigenvalue weighted by Gasteiger charge is -2.41. The van der Waals surface area contributed by atoms with E-state index in [1.165, 1.54) is 16.4 Å². The molecule has 32 heavy (non-hydrogen) atoms. The Kier molecular flexibility index (Phi) is 6.55. The fraction of sp³-hybridized carbons (Fsp3) is 0.458. The van der Waals surface area contributed by atoms with Gasteiger partial charge in [-0.3, -0.25) is 4.79 Å². The molecule has 172 valence electrons. The molecule has 2 aliphatic heterocycles. The number of para-hydroxylation sites is 1. The second kappa shape index (κ2) is 9.21. The number of hydrogen-bond acceptors (Lipinski definition) is 5. The van der Waals surface area contributed by atoms with E-state index in [0.29, 0.717) is 38.3 Å². The molecule has 7 nitrogen and oxygen atoms in total. The molecule has 4 rings (SSSR count). The summed E-state index contributed by atoms with van der Waals surface area (Å²) >= 11 is 0. The molecule has 1 fully saturated rings. The van der Waals surface area contributed by atoms with Crippen LogP contribution in [0.4, 0.5) is 0 Å². The largest absolute Gasteiger partial charge is 0.487 e. The molecule has 1 N–H and O–H groups in total. The van der Waals surface area contributed by atoms with Gasteiger partial charge in [-0.1, -0.05) is 32.0 Å². The van der Waals surface area contributed by atoms with Gasteiger partial charge in [-0.05, 0) is 43.2 Å². The number of amides is 1. The van der Waals surface area contributed by atoms with Crippen LogP contribution in [0.15, 0.2) is 53.4 Å². The van der Waals surface area contributed by atoms with E-state index in [2.05, 4.69) is 19.2 Å². The van der Waals surface area contributed by atoms with E-state index in [-0.39, 0.29) is 22.4 Å². The van der Waals surface area contributed by atoms with Gasteiger partial charge in [0.25, 0.3) is 5.91 Å². The van der Waals surface area contributed by atoms with Gasteiger partial charge >= 0.3 is 0 Å². The highest BCUT2D eigenvalue weighted by molar-refractivity contribution is 7.89. The number of hydrogen-bond donors (Lipinski definition) is 1. The smallest absolute Gasteiger partial charge is 0.251 e. The van der Waals surface area contributed by atoms with E-state index in [0.717, 1.165) is 24.2 Å². The third kappa shape index (κ3) is 4.40. The van der Waals surface area contributed by atoms with Gasteiger partial charge in [-0.15, -0.1) is 0 Å². The van der Waals surface area contributed by atoms with Crippen LogP contribution in [0.2, 0.25) is 0 Å². The highest BCUT2D eigenvalue weighted by Crippen LogP contribution is 2.42. The summed E-state index contributed by atoms with van der Waals surface area (Å²) < 4.78 is 38.6. The van der Waals surface area contributed by atoms with E-state index >= 15 is 0 Å². The van der Waals surface area contributed by atoms with Crippen molar-refractivity contribution in [1.82, 2.24) is 9.62 Å². The number of benzene rings is 2. The number of carbonyl (C=O) groups is 1. The van der Waals surface area contributed by atoms with Crippen LogP contribution in [-0.4, -0.2) is 50.5 Å². The monoisotopic (exact) mass is 458 g/mol. The maximum Gasteiger partial charge on any atom is 0.251 e. The van der Waals surface area contributed by atoms with Gasteiger partial charge in [0.05, 0.1) is 24.2 Å². The van der Waals surface area contributed by atoms with Crippen LogP contribution < -0.4 is 10.1 Å². The molecule has 1 amide bonds. The number of ether oxygens (including phenoxy) is 2. The topological polar surface area (TPSA) is 84.9 Å². The Labute approximate surface area is 189 Å². The molecular formula is C24H30N2O5S. The zero-order valence-electron chi connectivity index (χ0n) is 18.5. The molecule has 2 aliphatic rings. The molecule has 2 aromatic carbocycles. The maximum atomic E-state index is 13.0. The standard InChI is InChI=1S/C24H30N2O5S/c1-3-24(4-2)17-21(20-7-5-6-8-22(20)31-24)25-23(27)18-9-11-19(12-10-18)32(28,29)26-13-15-30-16-14-26/h5-12,21H,3-4,13-17H2,1-2H3,(H,25,27)/t21-/m1/s1. The van der Waals surface area contributed by atoms with Crippen molar-refractivity contribution in [3.63, 3.8) is 0 Å². The highest BCUT2D eigenvalue weighted by atomic mass is 32.2. The third-order valence-corrected chi connectivity index (χ3v) is 8.43. The van der Waals surface area contributed by atoms with Crippen LogP contribution in [0.5, 0.6) is 5.75 Å². The van der Waals surface area contributed by atoms with Crippen molar-refractivity contribution in [2.75, 3.05) is 26.3 Å². The summed E-state index contributed by atoms with van der Waals surface area (Å²) in [5, 5.41) is 3.14. The van der Waals surface area contributed by atoms with Crippen LogP contribution in [0, 0.1) is 0 Å². The van der Waals surface area contributed by atoms with Crippen molar-refractivity contribution in [3.8, 4) is 5.75 Å². The zero-order chi connectivity index (χ0) is 22.8. The molecule has 1 atom stereocenters. The molecule has 0 saturated carbocycles. The minimum atomic E-state index is -3.59. The van der Waals surface area contributed by atoms with E-state index in [1.54, 1.807) is 12.1 Å². The van der Waals surface area contributed by atoms with Gasteiger partial charge in [0.1, 0.15) is 11.4 Å². The summed E-state index contributed by atoms with van der Waals surface area (Å²) in [5.74, 6) is 0.572. The fourth-order valence-corrected chi connectivity index (χ4v) is 5.79. The molecule has 0 aliphatic carbocycles. The normalized spacial score (nSPS) is 20.8. The van der Waals surface area contributed by atoms with E-state index in [1.807, 2.05) is 24.3 Å². The number of nitrogens with zero attached hydrogens (tertiary/aromatic N) is 1.